The van der Waals surface area contributed by atoms with Crippen LogP contribution in [-0.4, -0.2) is 13.1 Å². The molecule has 12 heavy (non-hydrogen) atoms. The molecule has 0 saturated carbocycles. The van der Waals surface area contributed by atoms with Gasteiger partial charge < -0.3 is 10.6 Å². The summed E-state index contributed by atoms with van der Waals surface area (Å²) in [6, 6.07) is 5.80. The molecule has 1 aliphatic rings. The first-order chi connectivity index (χ1) is 5.77. The zero-order valence-electron chi connectivity index (χ0n) is 6.76. The van der Waals surface area contributed by atoms with E-state index in [1.165, 1.54) is 12.1 Å². The number of nitrogen functional groups attached to an aromatic ring is 1. The van der Waals surface area contributed by atoms with Gasteiger partial charge in [0.25, 0.3) is 0 Å². The maximum Gasteiger partial charge on any atom is 0.0656 e. The molecular weight excluding hydrogens is 172 g/mol. The summed E-state index contributed by atoms with van der Waals surface area (Å²) in [6.07, 6.45) is 1.28. The minimum Gasteiger partial charge on any atom is -0.398 e. The summed E-state index contributed by atoms with van der Waals surface area (Å²) in [5, 5.41) is 0.652. The van der Waals surface area contributed by atoms with Crippen LogP contribution >= 0.6 is 11.6 Å². The summed E-state index contributed by atoms with van der Waals surface area (Å²) in [5.74, 6) is 0. The van der Waals surface area contributed by atoms with E-state index in [1.54, 1.807) is 0 Å². The second-order valence-corrected chi connectivity index (χ2v) is 3.45. The Bertz CT molecular complexity index is 295. The lowest BCUT2D eigenvalue weighted by atomic mass is 10.1. The standard InChI is InChI=1S/C9H11ClN2/c10-8-6-7(2-3-9(8)11)12-4-1-5-12/h2-3,6H,1,4-5,11H2. The number of anilines is 2. The average molecular weight is 183 g/mol. The Morgan fingerprint density at radius 1 is 1.33 bits per heavy atom. The van der Waals surface area contributed by atoms with E-state index in [0.29, 0.717) is 10.7 Å². The molecule has 1 fully saturated rings. The average Bonchev–Trinajstić information content (AvgIpc) is 1.93. The molecule has 0 bridgehead atoms. The normalized spacial score (nSPS) is 15.9. The molecule has 0 atom stereocenters. The Balaban J connectivity index is 2.27. The quantitative estimate of drug-likeness (QED) is 0.675. The highest BCUT2D eigenvalue weighted by atomic mass is 35.5. The lowest BCUT2D eigenvalue weighted by Gasteiger charge is -2.33. The molecule has 3 heteroatoms. The van der Waals surface area contributed by atoms with Crippen molar-refractivity contribution in [1.82, 2.24) is 0 Å². The Hall–Kier alpha value is -0.890. The van der Waals surface area contributed by atoms with Crippen LogP contribution in [0.3, 0.4) is 0 Å². The Labute approximate surface area is 76.9 Å². The van der Waals surface area contributed by atoms with Gasteiger partial charge in [0, 0.05) is 18.8 Å². The number of benzene rings is 1. The molecule has 64 valence electrons. The SMILES string of the molecule is Nc1ccc(N2CCC2)cc1Cl. The molecule has 1 aliphatic heterocycles. The van der Waals surface area contributed by atoms with E-state index in [0.717, 1.165) is 13.1 Å². The van der Waals surface area contributed by atoms with Crippen LogP contribution in [0, 0.1) is 0 Å². The Morgan fingerprint density at radius 3 is 2.58 bits per heavy atom. The fourth-order valence-electron chi connectivity index (χ4n) is 1.29. The van der Waals surface area contributed by atoms with Crippen molar-refractivity contribution >= 4 is 23.0 Å². The predicted octanol–water partition coefficient (Wildman–Crippen LogP) is 2.13. The first kappa shape index (κ1) is 7.74. The summed E-state index contributed by atoms with van der Waals surface area (Å²) in [7, 11) is 0. The van der Waals surface area contributed by atoms with Crippen molar-refractivity contribution in [3.8, 4) is 0 Å². The van der Waals surface area contributed by atoms with Crippen LogP contribution in [0.2, 0.25) is 5.02 Å². The topological polar surface area (TPSA) is 29.3 Å². The van der Waals surface area contributed by atoms with Gasteiger partial charge in [0.1, 0.15) is 0 Å². The van der Waals surface area contributed by atoms with Gasteiger partial charge in [-0.15, -0.1) is 0 Å². The van der Waals surface area contributed by atoms with Gasteiger partial charge in [-0.3, -0.25) is 0 Å². The van der Waals surface area contributed by atoms with Crippen molar-refractivity contribution in [3.63, 3.8) is 0 Å². The smallest absolute Gasteiger partial charge is 0.0656 e. The molecular formula is C9H11ClN2. The maximum absolute atomic E-state index is 5.89. The van der Waals surface area contributed by atoms with E-state index in [1.807, 2.05) is 18.2 Å². The third kappa shape index (κ3) is 1.23. The maximum atomic E-state index is 5.89. The van der Waals surface area contributed by atoms with Crippen LogP contribution in [0.25, 0.3) is 0 Å². The first-order valence-corrected chi connectivity index (χ1v) is 4.45. The summed E-state index contributed by atoms with van der Waals surface area (Å²) in [4.78, 5) is 2.28. The van der Waals surface area contributed by atoms with Crippen LogP contribution in [-0.2, 0) is 0 Å². The summed E-state index contributed by atoms with van der Waals surface area (Å²) < 4.78 is 0. The summed E-state index contributed by atoms with van der Waals surface area (Å²) in [6.45, 7) is 2.28. The van der Waals surface area contributed by atoms with Gasteiger partial charge in [0.05, 0.1) is 10.7 Å². The molecule has 0 radical (unpaired) electrons. The molecule has 2 rings (SSSR count). The summed E-state index contributed by atoms with van der Waals surface area (Å²) >= 11 is 5.89. The van der Waals surface area contributed by atoms with Gasteiger partial charge >= 0.3 is 0 Å². The Morgan fingerprint density at radius 2 is 2.08 bits per heavy atom. The van der Waals surface area contributed by atoms with E-state index < -0.39 is 0 Å². The van der Waals surface area contributed by atoms with Crippen LogP contribution < -0.4 is 10.6 Å². The molecule has 2 nitrogen and oxygen atoms in total. The zero-order valence-corrected chi connectivity index (χ0v) is 7.51. The van der Waals surface area contributed by atoms with Crippen molar-refractivity contribution in [1.29, 1.82) is 0 Å². The molecule has 2 N–H and O–H groups in total. The van der Waals surface area contributed by atoms with Crippen LogP contribution in [0.5, 0.6) is 0 Å². The molecule has 0 spiro atoms. The summed E-state index contributed by atoms with van der Waals surface area (Å²) in [5.41, 5.74) is 7.43. The van der Waals surface area contributed by atoms with E-state index in [4.69, 9.17) is 17.3 Å². The van der Waals surface area contributed by atoms with Gasteiger partial charge in [0.2, 0.25) is 0 Å². The number of rotatable bonds is 1. The van der Waals surface area contributed by atoms with Gasteiger partial charge in [-0.1, -0.05) is 11.6 Å². The second kappa shape index (κ2) is 2.87. The zero-order chi connectivity index (χ0) is 8.55. The van der Waals surface area contributed by atoms with Crippen LogP contribution in [0.4, 0.5) is 11.4 Å². The largest absolute Gasteiger partial charge is 0.398 e. The van der Waals surface area contributed by atoms with Crippen molar-refractivity contribution < 1.29 is 0 Å². The minimum absolute atomic E-state index is 0.652. The number of nitrogens with zero attached hydrogens (tertiary/aromatic N) is 1. The highest BCUT2D eigenvalue weighted by Crippen LogP contribution is 2.27. The fourth-order valence-corrected chi connectivity index (χ4v) is 1.46. The Kier molecular flexibility index (Phi) is 1.85. The van der Waals surface area contributed by atoms with Crippen LogP contribution in [0.15, 0.2) is 18.2 Å². The molecule has 1 aromatic carbocycles. The van der Waals surface area contributed by atoms with Gasteiger partial charge in [-0.2, -0.15) is 0 Å². The predicted molar refractivity (Wildman–Crippen MR) is 52.7 cm³/mol. The van der Waals surface area contributed by atoms with E-state index in [-0.39, 0.29) is 0 Å². The number of hydrogen-bond donors (Lipinski definition) is 1. The number of halogens is 1. The lowest BCUT2D eigenvalue weighted by Crippen LogP contribution is -2.36. The molecule has 1 heterocycles. The molecule has 0 unspecified atom stereocenters. The van der Waals surface area contributed by atoms with Gasteiger partial charge in [0.15, 0.2) is 0 Å². The van der Waals surface area contributed by atoms with Crippen molar-refractivity contribution in [2.45, 2.75) is 6.42 Å². The highest BCUT2D eigenvalue weighted by molar-refractivity contribution is 6.33. The highest BCUT2D eigenvalue weighted by Gasteiger charge is 2.14. The van der Waals surface area contributed by atoms with Crippen molar-refractivity contribution in [2.75, 3.05) is 23.7 Å². The minimum atomic E-state index is 0.652. The van der Waals surface area contributed by atoms with E-state index in [9.17, 15) is 0 Å². The molecule has 0 aromatic heterocycles. The van der Waals surface area contributed by atoms with E-state index >= 15 is 0 Å². The molecule has 1 saturated heterocycles. The lowest BCUT2D eigenvalue weighted by molar-refractivity contribution is 0.618. The molecule has 0 amide bonds. The molecule has 0 aliphatic carbocycles. The van der Waals surface area contributed by atoms with Crippen molar-refractivity contribution in [3.05, 3.63) is 23.2 Å². The second-order valence-electron chi connectivity index (χ2n) is 3.05. The first-order valence-electron chi connectivity index (χ1n) is 4.07. The fraction of sp³-hybridized carbons (Fsp3) is 0.333. The third-order valence-electron chi connectivity index (χ3n) is 2.21. The molecule has 1 aromatic rings. The number of hydrogen-bond acceptors (Lipinski definition) is 2. The monoisotopic (exact) mass is 182 g/mol. The van der Waals surface area contributed by atoms with Crippen molar-refractivity contribution in [2.24, 2.45) is 0 Å². The van der Waals surface area contributed by atoms with Gasteiger partial charge in [-0.25, -0.2) is 0 Å². The van der Waals surface area contributed by atoms with Gasteiger partial charge in [-0.05, 0) is 24.6 Å². The van der Waals surface area contributed by atoms with E-state index in [2.05, 4.69) is 4.90 Å². The number of nitrogens with two attached hydrogens (primary N) is 1. The van der Waals surface area contributed by atoms with Crippen LogP contribution in [0.1, 0.15) is 6.42 Å². The third-order valence-corrected chi connectivity index (χ3v) is 2.53.